The Morgan fingerprint density at radius 1 is 1.29 bits per heavy atom. The zero-order valence-electron chi connectivity index (χ0n) is 13.2. The van der Waals surface area contributed by atoms with Crippen LogP contribution >= 0.6 is 0 Å². The van der Waals surface area contributed by atoms with E-state index in [-0.39, 0.29) is 23.3 Å². The normalized spacial score (nSPS) is 26.6. The fourth-order valence-electron chi connectivity index (χ4n) is 3.18. The molecule has 120 valence electrons. The van der Waals surface area contributed by atoms with E-state index in [9.17, 15) is 9.59 Å². The standard InChI is InChI=1S/C15H28N4O2/c1-15(17-2)5-8-18(9-6-15)11-13(20)19-7-3-4-12(10-19)14(16)21/h12,17H,3-11H2,1-2H3,(H2,16,21). The number of carbonyl (C=O) groups excluding carboxylic acids is 2. The highest BCUT2D eigenvalue weighted by Crippen LogP contribution is 2.21. The molecule has 0 saturated carbocycles. The first-order valence-electron chi connectivity index (χ1n) is 7.92. The summed E-state index contributed by atoms with van der Waals surface area (Å²) in [5, 5.41) is 3.36. The number of likely N-dealkylation sites (tertiary alicyclic amines) is 2. The van der Waals surface area contributed by atoms with Crippen LogP contribution in [0.2, 0.25) is 0 Å². The minimum absolute atomic E-state index is 0.133. The van der Waals surface area contributed by atoms with E-state index in [1.54, 1.807) is 0 Å². The number of hydrogen-bond donors (Lipinski definition) is 2. The van der Waals surface area contributed by atoms with Gasteiger partial charge in [0, 0.05) is 31.7 Å². The first-order chi connectivity index (χ1) is 9.93. The highest BCUT2D eigenvalue weighted by Gasteiger charge is 2.31. The predicted molar refractivity (Wildman–Crippen MR) is 81.6 cm³/mol. The Bertz CT molecular complexity index is 391. The minimum atomic E-state index is -0.282. The number of rotatable bonds is 4. The van der Waals surface area contributed by atoms with Crippen LogP contribution in [0.4, 0.5) is 0 Å². The fourth-order valence-corrected chi connectivity index (χ4v) is 3.18. The van der Waals surface area contributed by atoms with Gasteiger partial charge in [-0.25, -0.2) is 0 Å². The molecule has 2 rings (SSSR count). The second kappa shape index (κ2) is 6.75. The SMILES string of the molecule is CNC1(C)CCN(CC(=O)N2CCCC(C(N)=O)C2)CC1. The molecule has 2 amide bonds. The largest absolute Gasteiger partial charge is 0.369 e. The predicted octanol–water partition coefficient (Wildman–Crippen LogP) is -0.216. The Morgan fingerprint density at radius 3 is 2.52 bits per heavy atom. The molecule has 6 heteroatoms. The molecular formula is C15H28N4O2. The molecule has 21 heavy (non-hydrogen) atoms. The van der Waals surface area contributed by atoms with Crippen LogP contribution in [-0.4, -0.2) is 66.9 Å². The quantitative estimate of drug-likeness (QED) is 0.752. The average molecular weight is 296 g/mol. The summed E-state index contributed by atoms with van der Waals surface area (Å²) in [5.74, 6) is -0.319. The van der Waals surface area contributed by atoms with Gasteiger partial charge in [0.15, 0.2) is 0 Å². The average Bonchev–Trinajstić information content (AvgIpc) is 2.50. The van der Waals surface area contributed by atoms with E-state index in [1.807, 2.05) is 11.9 Å². The smallest absolute Gasteiger partial charge is 0.236 e. The highest BCUT2D eigenvalue weighted by atomic mass is 16.2. The molecule has 0 aromatic heterocycles. The lowest BCUT2D eigenvalue weighted by Gasteiger charge is -2.40. The molecule has 0 bridgehead atoms. The number of nitrogens with zero attached hydrogens (tertiary/aromatic N) is 2. The van der Waals surface area contributed by atoms with Crippen molar-refractivity contribution in [1.29, 1.82) is 0 Å². The van der Waals surface area contributed by atoms with E-state index < -0.39 is 0 Å². The topological polar surface area (TPSA) is 78.7 Å². The number of piperidine rings is 2. The van der Waals surface area contributed by atoms with Gasteiger partial charge in [-0.15, -0.1) is 0 Å². The molecular weight excluding hydrogens is 268 g/mol. The molecule has 0 aliphatic carbocycles. The number of amides is 2. The van der Waals surface area contributed by atoms with Crippen molar-refractivity contribution >= 4 is 11.8 Å². The maximum Gasteiger partial charge on any atom is 0.236 e. The third-order valence-corrected chi connectivity index (χ3v) is 5.10. The summed E-state index contributed by atoms with van der Waals surface area (Å²) in [7, 11) is 2.00. The van der Waals surface area contributed by atoms with Gasteiger partial charge in [0.1, 0.15) is 0 Å². The third-order valence-electron chi connectivity index (χ3n) is 5.10. The van der Waals surface area contributed by atoms with Crippen molar-refractivity contribution in [3.63, 3.8) is 0 Å². The molecule has 0 radical (unpaired) electrons. The summed E-state index contributed by atoms with van der Waals surface area (Å²) < 4.78 is 0. The minimum Gasteiger partial charge on any atom is -0.369 e. The molecule has 2 heterocycles. The first-order valence-corrected chi connectivity index (χ1v) is 7.92. The molecule has 3 N–H and O–H groups in total. The van der Waals surface area contributed by atoms with Crippen molar-refractivity contribution in [2.24, 2.45) is 11.7 Å². The molecule has 0 aromatic carbocycles. The molecule has 0 aromatic rings. The monoisotopic (exact) mass is 296 g/mol. The molecule has 2 saturated heterocycles. The van der Waals surface area contributed by atoms with Crippen LogP contribution in [-0.2, 0) is 9.59 Å². The van der Waals surface area contributed by atoms with E-state index >= 15 is 0 Å². The van der Waals surface area contributed by atoms with Gasteiger partial charge in [-0.05, 0) is 39.7 Å². The Hall–Kier alpha value is -1.14. The Balaban J connectivity index is 1.81. The van der Waals surface area contributed by atoms with Crippen LogP contribution in [0.3, 0.4) is 0 Å². The lowest BCUT2D eigenvalue weighted by atomic mass is 9.90. The van der Waals surface area contributed by atoms with Crippen LogP contribution < -0.4 is 11.1 Å². The van der Waals surface area contributed by atoms with Crippen LogP contribution in [0.15, 0.2) is 0 Å². The summed E-state index contributed by atoms with van der Waals surface area (Å²) in [6, 6.07) is 0. The maximum atomic E-state index is 12.4. The molecule has 1 atom stereocenters. The number of nitrogens with one attached hydrogen (secondary N) is 1. The second-order valence-corrected chi connectivity index (χ2v) is 6.67. The Labute approximate surface area is 127 Å². The van der Waals surface area contributed by atoms with Gasteiger partial charge >= 0.3 is 0 Å². The zero-order valence-corrected chi connectivity index (χ0v) is 13.2. The first kappa shape index (κ1) is 16.2. The van der Waals surface area contributed by atoms with Gasteiger partial charge in [0.05, 0.1) is 12.5 Å². The third kappa shape index (κ3) is 4.17. The number of nitrogens with two attached hydrogens (primary N) is 1. The number of hydrogen-bond acceptors (Lipinski definition) is 4. The molecule has 2 aliphatic rings. The highest BCUT2D eigenvalue weighted by molar-refractivity contribution is 5.81. The van der Waals surface area contributed by atoms with E-state index in [4.69, 9.17) is 5.73 Å². The van der Waals surface area contributed by atoms with E-state index in [0.29, 0.717) is 13.1 Å². The van der Waals surface area contributed by atoms with Gasteiger partial charge < -0.3 is 16.0 Å². The van der Waals surface area contributed by atoms with Gasteiger partial charge in [0.25, 0.3) is 0 Å². The Morgan fingerprint density at radius 2 is 1.95 bits per heavy atom. The summed E-state index contributed by atoms with van der Waals surface area (Å²) in [5.41, 5.74) is 5.56. The molecule has 1 unspecified atom stereocenters. The van der Waals surface area contributed by atoms with Crippen LogP contribution in [0, 0.1) is 5.92 Å². The van der Waals surface area contributed by atoms with E-state index in [1.165, 1.54) is 0 Å². The van der Waals surface area contributed by atoms with Crippen molar-refractivity contribution < 1.29 is 9.59 Å². The van der Waals surface area contributed by atoms with Crippen LogP contribution in [0.25, 0.3) is 0 Å². The maximum absolute atomic E-state index is 12.4. The summed E-state index contributed by atoms with van der Waals surface area (Å²) in [6.45, 7) is 5.83. The van der Waals surface area contributed by atoms with Crippen LogP contribution in [0.5, 0.6) is 0 Å². The van der Waals surface area contributed by atoms with Gasteiger partial charge in [-0.3, -0.25) is 14.5 Å². The van der Waals surface area contributed by atoms with Crippen molar-refractivity contribution in [2.45, 2.75) is 38.1 Å². The molecule has 0 spiro atoms. The second-order valence-electron chi connectivity index (χ2n) is 6.67. The summed E-state index contributed by atoms with van der Waals surface area (Å²) >= 11 is 0. The number of carbonyl (C=O) groups is 2. The van der Waals surface area contributed by atoms with Crippen molar-refractivity contribution in [3.05, 3.63) is 0 Å². The van der Waals surface area contributed by atoms with Gasteiger partial charge in [0.2, 0.25) is 11.8 Å². The summed E-state index contributed by atoms with van der Waals surface area (Å²) in [4.78, 5) is 27.7. The lowest BCUT2D eigenvalue weighted by molar-refractivity contribution is -0.136. The van der Waals surface area contributed by atoms with Gasteiger partial charge in [-0.2, -0.15) is 0 Å². The molecule has 2 aliphatic heterocycles. The van der Waals surface area contributed by atoms with Crippen molar-refractivity contribution in [1.82, 2.24) is 15.1 Å². The van der Waals surface area contributed by atoms with E-state index in [2.05, 4.69) is 17.1 Å². The fraction of sp³-hybridized carbons (Fsp3) is 0.867. The molecule has 2 fully saturated rings. The zero-order chi connectivity index (χ0) is 15.5. The van der Waals surface area contributed by atoms with E-state index in [0.717, 1.165) is 45.3 Å². The van der Waals surface area contributed by atoms with Crippen molar-refractivity contribution in [3.8, 4) is 0 Å². The van der Waals surface area contributed by atoms with Crippen molar-refractivity contribution in [2.75, 3.05) is 39.8 Å². The summed E-state index contributed by atoms with van der Waals surface area (Å²) in [6.07, 6.45) is 3.79. The Kier molecular flexibility index (Phi) is 5.22. The number of primary amides is 1. The molecule has 6 nitrogen and oxygen atoms in total. The lowest BCUT2D eigenvalue weighted by Crippen LogP contribution is -2.53. The van der Waals surface area contributed by atoms with Gasteiger partial charge in [-0.1, -0.05) is 0 Å². The van der Waals surface area contributed by atoms with Crippen LogP contribution in [0.1, 0.15) is 32.6 Å².